The highest BCUT2D eigenvalue weighted by molar-refractivity contribution is 9.10. The van der Waals surface area contributed by atoms with E-state index in [0.29, 0.717) is 6.04 Å². The van der Waals surface area contributed by atoms with Gasteiger partial charge >= 0.3 is 5.97 Å². The average Bonchev–Trinajstić information content (AvgIpc) is 2.46. The molecule has 0 saturated carbocycles. The molecule has 0 bridgehead atoms. The summed E-state index contributed by atoms with van der Waals surface area (Å²) in [4.78, 5) is 15.4. The van der Waals surface area contributed by atoms with Crippen molar-refractivity contribution in [1.82, 2.24) is 4.90 Å². The first-order valence-corrected chi connectivity index (χ1v) is 7.96. The average molecular weight is 353 g/mol. The summed E-state index contributed by atoms with van der Waals surface area (Å²) in [6.45, 7) is 5.34. The largest absolute Gasteiger partial charge is 0.478 e. The summed E-state index contributed by atoms with van der Waals surface area (Å²) < 4.78 is 0.921. The molecule has 1 fully saturated rings. The third-order valence-electron chi connectivity index (χ3n) is 4.00. The summed E-state index contributed by atoms with van der Waals surface area (Å²) in [5.41, 5.74) is 2.06. The SMILES string of the molecule is CCC1CN(c2ccc(/C=C/C(=O)O)c(Br)c2)CCN1C. The lowest BCUT2D eigenvalue weighted by atomic mass is 10.1. The second-order valence-corrected chi connectivity index (χ2v) is 6.22. The van der Waals surface area contributed by atoms with Gasteiger partial charge in [-0.2, -0.15) is 0 Å². The third-order valence-corrected chi connectivity index (χ3v) is 4.69. The second-order valence-electron chi connectivity index (χ2n) is 5.37. The van der Waals surface area contributed by atoms with E-state index in [2.05, 4.69) is 51.8 Å². The smallest absolute Gasteiger partial charge is 0.328 e. The van der Waals surface area contributed by atoms with E-state index in [1.165, 1.54) is 5.69 Å². The highest BCUT2D eigenvalue weighted by Crippen LogP contribution is 2.27. The molecule has 0 spiro atoms. The topological polar surface area (TPSA) is 43.8 Å². The fourth-order valence-electron chi connectivity index (χ4n) is 2.63. The molecule has 4 nitrogen and oxygen atoms in total. The third kappa shape index (κ3) is 4.08. The number of halogens is 1. The van der Waals surface area contributed by atoms with Crippen molar-refractivity contribution in [2.75, 3.05) is 31.6 Å². The Morgan fingerprint density at radius 2 is 2.24 bits per heavy atom. The maximum atomic E-state index is 10.6. The molecule has 1 saturated heterocycles. The summed E-state index contributed by atoms with van der Waals surface area (Å²) in [6, 6.07) is 6.67. The fraction of sp³-hybridized carbons (Fsp3) is 0.438. The number of hydrogen-bond donors (Lipinski definition) is 1. The van der Waals surface area contributed by atoms with Crippen LogP contribution in [0, 0.1) is 0 Å². The Hall–Kier alpha value is -1.33. The van der Waals surface area contributed by atoms with E-state index in [4.69, 9.17) is 5.11 Å². The van der Waals surface area contributed by atoms with Gasteiger partial charge in [-0.05, 0) is 37.2 Å². The Morgan fingerprint density at radius 1 is 1.48 bits per heavy atom. The first-order chi connectivity index (χ1) is 10.0. The Kier molecular flexibility index (Phi) is 5.42. The molecule has 1 atom stereocenters. The fourth-order valence-corrected chi connectivity index (χ4v) is 3.13. The molecule has 1 aromatic carbocycles. The van der Waals surface area contributed by atoms with Crippen LogP contribution in [0.1, 0.15) is 18.9 Å². The first-order valence-electron chi connectivity index (χ1n) is 7.17. The highest BCUT2D eigenvalue weighted by atomic mass is 79.9. The molecule has 5 heteroatoms. The number of hydrogen-bond acceptors (Lipinski definition) is 3. The number of anilines is 1. The minimum Gasteiger partial charge on any atom is -0.478 e. The maximum absolute atomic E-state index is 10.6. The van der Waals surface area contributed by atoms with Gasteiger partial charge < -0.3 is 10.0 Å². The summed E-state index contributed by atoms with van der Waals surface area (Å²) in [5, 5.41) is 8.69. The van der Waals surface area contributed by atoms with Crippen LogP contribution in [0.25, 0.3) is 6.08 Å². The van der Waals surface area contributed by atoms with Gasteiger partial charge in [0.15, 0.2) is 0 Å². The van der Waals surface area contributed by atoms with Crippen LogP contribution in [0.15, 0.2) is 28.7 Å². The van der Waals surface area contributed by atoms with Crippen LogP contribution in [0.3, 0.4) is 0 Å². The number of aliphatic carboxylic acids is 1. The molecule has 0 radical (unpaired) electrons. The van der Waals surface area contributed by atoms with E-state index in [1.807, 2.05) is 6.07 Å². The number of benzene rings is 1. The maximum Gasteiger partial charge on any atom is 0.328 e. The number of nitrogens with zero attached hydrogens (tertiary/aromatic N) is 2. The number of likely N-dealkylation sites (N-methyl/N-ethyl adjacent to an activating group) is 1. The van der Waals surface area contributed by atoms with Crippen molar-refractivity contribution < 1.29 is 9.90 Å². The van der Waals surface area contributed by atoms with Gasteiger partial charge in [-0.15, -0.1) is 0 Å². The number of carbonyl (C=O) groups is 1. The molecule has 2 rings (SSSR count). The van der Waals surface area contributed by atoms with E-state index in [-0.39, 0.29) is 0 Å². The number of carboxylic acid groups (broad SMARTS) is 1. The molecule has 1 aliphatic rings. The lowest BCUT2D eigenvalue weighted by molar-refractivity contribution is -0.131. The zero-order valence-corrected chi connectivity index (χ0v) is 14.0. The van der Waals surface area contributed by atoms with Crippen molar-refractivity contribution in [1.29, 1.82) is 0 Å². The van der Waals surface area contributed by atoms with Crippen LogP contribution >= 0.6 is 15.9 Å². The van der Waals surface area contributed by atoms with Gasteiger partial charge in [-0.3, -0.25) is 4.90 Å². The van der Waals surface area contributed by atoms with Gasteiger partial charge in [-0.25, -0.2) is 4.79 Å². The summed E-state index contributed by atoms with van der Waals surface area (Å²) in [7, 11) is 2.18. The molecule has 1 heterocycles. The predicted octanol–water partition coefficient (Wildman–Crippen LogP) is 3.08. The first kappa shape index (κ1) is 16.0. The quantitative estimate of drug-likeness (QED) is 0.845. The van der Waals surface area contributed by atoms with Crippen molar-refractivity contribution in [3.63, 3.8) is 0 Å². The Bertz CT molecular complexity index is 545. The van der Waals surface area contributed by atoms with Gasteiger partial charge in [0.05, 0.1) is 0 Å². The molecule has 0 aromatic heterocycles. The van der Waals surface area contributed by atoms with Gasteiger partial charge in [0.25, 0.3) is 0 Å². The van der Waals surface area contributed by atoms with Crippen molar-refractivity contribution in [2.45, 2.75) is 19.4 Å². The second kappa shape index (κ2) is 7.09. The van der Waals surface area contributed by atoms with Crippen LogP contribution in [-0.2, 0) is 4.79 Å². The molecule has 1 unspecified atom stereocenters. The summed E-state index contributed by atoms with van der Waals surface area (Å²) in [6.07, 6.45) is 3.91. The number of carboxylic acids is 1. The van der Waals surface area contributed by atoms with Crippen molar-refractivity contribution >= 4 is 33.7 Å². The van der Waals surface area contributed by atoms with E-state index < -0.39 is 5.97 Å². The van der Waals surface area contributed by atoms with Crippen LogP contribution in [0.2, 0.25) is 0 Å². The minimum atomic E-state index is -0.934. The molecule has 1 aliphatic heterocycles. The van der Waals surface area contributed by atoms with Crippen LogP contribution < -0.4 is 4.90 Å². The Balaban J connectivity index is 2.14. The Morgan fingerprint density at radius 3 is 2.86 bits per heavy atom. The zero-order valence-electron chi connectivity index (χ0n) is 12.4. The predicted molar refractivity (Wildman–Crippen MR) is 89.7 cm³/mol. The van der Waals surface area contributed by atoms with Crippen LogP contribution in [0.4, 0.5) is 5.69 Å². The molecule has 0 aliphatic carbocycles. The molecule has 1 N–H and O–H groups in total. The van der Waals surface area contributed by atoms with Gasteiger partial charge in [-0.1, -0.05) is 28.9 Å². The molecule has 21 heavy (non-hydrogen) atoms. The minimum absolute atomic E-state index is 0.587. The zero-order chi connectivity index (χ0) is 15.4. The normalized spacial score (nSPS) is 20.1. The van der Waals surface area contributed by atoms with Crippen LogP contribution in [0.5, 0.6) is 0 Å². The van der Waals surface area contributed by atoms with E-state index in [1.54, 1.807) is 6.08 Å². The summed E-state index contributed by atoms with van der Waals surface area (Å²) >= 11 is 3.53. The summed E-state index contributed by atoms with van der Waals surface area (Å²) in [5.74, 6) is -0.934. The molecular weight excluding hydrogens is 332 g/mol. The monoisotopic (exact) mass is 352 g/mol. The molecule has 114 valence electrons. The van der Waals surface area contributed by atoms with Gasteiger partial charge in [0.1, 0.15) is 0 Å². The van der Waals surface area contributed by atoms with E-state index >= 15 is 0 Å². The van der Waals surface area contributed by atoms with E-state index in [9.17, 15) is 4.79 Å². The lowest BCUT2D eigenvalue weighted by Crippen LogP contribution is -2.51. The van der Waals surface area contributed by atoms with Crippen molar-refractivity contribution in [2.24, 2.45) is 0 Å². The van der Waals surface area contributed by atoms with Crippen molar-refractivity contribution in [3.05, 3.63) is 34.3 Å². The van der Waals surface area contributed by atoms with E-state index in [0.717, 1.165) is 42.2 Å². The highest BCUT2D eigenvalue weighted by Gasteiger charge is 2.23. The van der Waals surface area contributed by atoms with Gasteiger partial charge in [0.2, 0.25) is 0 Å². The van der Waals surface area contributed by atoms with Crippen LogP contribution in [-0.4, -0.2) is 48.7 Å². The Labute approximate surface area is 134 Å². The number of piperazine rings is 1. The molecular formula is C16H21BrN2O2. The number of rotatable bonds is 4. The molecule has 1 aromatic rings. The van der Waals surface area contributed by atoms with Gasteiger partial charge in [0, 0.05) is 41.9 Å². The standard InChI is InChI=1S/C16H21BrN2O2/c1-3-13-11-19(9-8-18(13)2)14-6-4-12(15(17)10-14)5-7-16(20)21/h4-7,10,13H,3,8-9,11H2,1-2H3,(H,20,21)/b7-5+. The van der Waals surface area contributed by atoms with Crippen molar-refractivity contribution in [3.8, 4) is 0 Å². The molecule has 0 amide bonds. The lowest BCUT2D eigenvalue weighted by Gasteiger charge is -2.40.